The van der Waals surface area contributed by atoms with Crippen LogP contribution in [-0.2, 0) is 5.41 Å². The third kappa shape index (κ3) is 1.62. The summed E-state index contributed by atoms with van der Waals surface area (Å²) in [6.07, 6.45) is 3.04. The molecule has 0 spiro atoms. The van der Waals surface area contributed by atoms with Gasteiger partial charge >= 0.3 is 0 Å². The van der Waals surface area contributed by atoms with Gasteiger partial charge in [-0.3, -0.25) is 0 Å². The van der Waals surface area contributed by atoms with Gasteiger partial charge in [0.2, 0.25) is 0 Å². The van der Waals surface area contributed by atoms with Crippen LogP contribution in [0.25, 0.3) is 0 Å². The molecule has 16 heavy (non-hydrogen) atoms. The zero-order valence-corrected chi connectivity index (χ0v) is 11.1. The van der Waals surface area contributed by atoms with Gasteiger partial charge < -0.3 is 4.74 Å². The van der Waals surface area contributed by atoms with Gasteiger partial charge in [0, 0.05) is 4.47 Å². The molecule has 3 heteroatoms. The van der Waals surface area contributed by atoms with Gasteiger partial charge in [0.1, 0.15) is 5.75 Å². The van der Waals surface area contributed by atoms with Gasteiger partial charge in [-0.25, -0.2) is 0 Å². The third-order valence-electron chi connectivity index (χ3n) is 3.40. The second-order valence-electron chi connectivity index (χ2n) is 4.35. The lowest BCUT2D eigenvalue weighted by atomic mass is 9.65. The molecule has 84 valence electrons. The predicted octanol–water partition coefficient (Wildman–Crippen LogP) is 3.71. The maximum atomic E-state index is 9.36. The Kier molecular flexibility index (Phi) is 2.94. The zero-order chi connectivity index (χ0) is 11.8. The molecule has 0 amide bonds. The van der Waals surface area contributed by atoms with Crippen LogP contribution in [0, 0.1) is 18.3 Å². The van der Waals surface area contributed by atoms with E-state index >= 15 is 0 Å². The van der Waals surface area contributed by atoms with Crippen molar-refractivity contribution in [2.24, 2.45) is 0 Å². The summed E-state index contributed by atoms with van der Waals surface area (Å²) in [5.74, 6) is 0.831. The van der Waals surface area contributed by atoms with Gasteiger partial charge in [0.05, 0.1) is 18.6 Å². The van der Waals surface area contributed by atoms with E-state index < -0.39 is 0 Å². The van der Waals surface area contributed by atoms with Crippen molar-refractivity contribution in [1.29, 1.82) is 5.26 Å². The minimum absolute atomic E-state index is 0.294. The first kappa shape index (κ1) is 11.5. The number of benzene rings is 1. The maximum Gasteiger partial charge on any atom is 0.119 e. The second kappa shape index (κ2) is 4.10. The van der Waals surface area contributed by atoms with Crippen molar-refractivity contribution in [1.82, 2.24) is 0 Å². The van der Waals surface area contributed by atoms with Gasteiger partial charge in [-0.15, -0.1) is 0 Å². The van der Waals surface area contributed by atoms with Crippen LogP contribution in [0.5, 0.6) is 5.75 Å². The molecule has 1 aliphatic rings. The van der Waals surface area contributed by atoms with E-state index in [1.807, 2.05) is 19.1 Å². The van der Waals surface area contributed by atoms with E-state index in [0.717, 1.165) is 40.6 Å². The molecule has 1 fully saturated rings. The molecular weight excluding hydrogens is 266 g/mol. The SMILES string of the molecule is COc1cc(C)c(Br)c(C2(C#N)CCC2)c1. The van der Waals surface area contributed by atoms with Gasteiger partial charge in [0.15, 0.2) is 0 Å². The molecule has 2 rings (SSSR count). The van der Waals surface area contributed by atoms with Crippen molar-refractivity contribution in [3.63, 3.8) is 0 Å². The Hall–Kier alpha value is -1.01. The Morgan fingerprint density at radius 3 is 2.56 bits per heavy atom. The molecule has 0 atom stereocenters. The van der Waals surface area contributed by atoms with Crippen molar-refractivity contribution >= 4 is 15.9 Å². The molecule has 0 radical (unpaired) electrons. The lowest BCUT2D eigenvalue weighted by Crippen LogP contribution is -2.32. The topological polar surface area (TPSA) is 33.0 Å². The Morgan fingerprint density at radius 1 is 1.44 bits per heavy atom. The van der Waals surface area contributed by atoms with Crippen molar-refractivity contribution in [2.45, 2.75) is 31.6 Å². The lowest BCUT2D eigenvalue weighted by Gasteiger charge is -2.36. The van der Waals surface area contributed by atoms with Gasteiger partial charge in [-0.2, -0.15) is 5.26 Å². The summed E-state index contributed by atoms with van der Waals surface area (Å²) >= 11 is 3.59. The second-order valence-corrected chi connectivity index (χ2v) is 5.15. The number of nitrogens with zero attached hydrogens (tertiary/aromatic N) is 1. The molecule has 0 N–H and O–H groups in total. The molecule has 0 aromatic heterocycles. The Bertz CT molecular complexity index is 458. The van der Waals surface area contributed by atoms with Crippen LogP contribution >= 0.6 is 15.9 Å². The average Bonchev–Trinajstić information content (AvgIpc) is 2.23. The number of rotatable bonds is 2. The smallest absolute Gasteiger partial charge is 0.119 e. The van der Waals surface area contributed by atoms with Crippen molar-refractivity contribution < 1.29 is 4.74 Å². The summed E-state index contributed by atoms with van der Waals surface area (Å²) in [7, 11) is 1.66. The molecule has 2 nitrogen and oxygen atoms in total. The van der Waals surface area contributed by atoms with Crippen LogP contribution in [0.15, 0.2) is 16.6 Å². The minimum atomic E-state index is -0.294. The fourth-order valence-electron chi connectivity index (χ4n) is 2.17. The van der Waals surface area contributed by atoms with Gasteiger partial charge in [0.25, 0.3) is 0 Å². The van der Waals surface area contributed by atoms with Crippen molar-refractivity contribution in [3.8, 4) is 11.8 Å². The number of ether oxygens (including phenoxy) is 1. The number of methoxy groups -OCH3 is 1. The molecule has 1 aliphatic carbocycles. The molecule has 0 unspecified atom stereocenters. The van der Waals surface area contributed by atoms with Gasteiger partial charge in [-0.05, 0) is 49.4 Å². The summed E-state index contributed by atoms with van der Waals surface area (Å²) in [6, 6.07) is 6.43. The highest BCUT2D eigenvalue weighted by Gasteiger charge is 2.40. The van der Waals surface area contributed by atoms with Crippen LogP contribution in [-0.4, -0.2) is 7.11 Å². The molecule has 0 aliphatic heterocycles. The van der Waals surface area contributed by atoms with E-state index in [4.69, 9.17) is 4.74 Å². The molecule has 0 bridgehead atoms. The van der Waals surface area contributed by atoms with Crippen molar-refractivity contribution in [3.05, 3.63) is 27.7 Å². The summed E-state index contributed by atoms with van der Waals surface area (Å²) in [6.45, 7) is 2.03. The largest absolute Gasteiger partial charge is 0.497 e. The highest BCUT2D eigenvalue weighted by Crippen LogP contribution is 2.47. The molecule has 1 aromatic rings. The first-order chi connectivity index (χ1) is 7.63. The number of aryl methyl sites for hydroxylation is 1. The van der Waals surface area contributed by atoms with Crippen LogP contribution in [0.1, 0.15) is 30.4 Å². The van der Waals surface area contributed by atoms with Crippen LogP contribution in [0.3, 0.4) is 0 Å². The lowest BCUT2D eigenvalue weighted by molar-refractivity contribution is 0.320. The van der Waals surface area contributed by atoms with Gasteiger partial charge in [-0.1, -0.05) is 15.9 Å². The standard InChI is InChI=1S/C13H14BrNO/c1-9-6-10(16-2)7-11(12(9)14)13(8-15)4-3-5-13/h6-7H,3-5H2,1-2H3. The summed E-state index contributed by atoms with van der Waals surface area (Å²) in [5.41, 5.74) is 1.91. The number of halogens is 1. The Morgan fingerprint density at radius 2 is 2.12 bits per heavy atom. The first-order valence-electron chi connectivity index (χ1n) is 5.39. The quantitative estimate of drug-likeness (QED) is 0.827. The number of hydrogen-bond acceptors (Lipinski definition) is 2. The highest BCUT2D eigenvalue weighted by molar-refractivity contribution is 9.10. The first-order valence-corrected chi connectivity index (χ1v) is 6.18. The third-order valence-corrected chi connectivity index (χ3v) is 4.45. The average molecular weight is 280 g/mol. The molecule has 0 heterocycles. The van der Waals surface area contributed by atoms with Crippen LogP contribution in [0.4, 0.5) is 0 Å². The maximum absolute atomic E-state index is 9.36. The van der Waals surface area contributed by atoms with E-state index in [1.54, 1.807) is 7.11 Å². The van der Waals surface area contributed by atoms with E-state index in [-0.39, 0.29) is 5.41 Å². The summed E-state index contributed by atoms with van der Waals surface area (Å²) < 4.78 is 6.32. The van der Waals surface area contributed by atoms with Crippen LogP contribution in [0.2, 0.25) is 0 Å². The summed E-state index contributed by atoms with van der Waals surface area (Å²) in [5, 5.41) is 9.36. The fourth-order valence-corrected chi connectivity index (χ4v) is 2.78. The monoisotopic (exact) mass is 279 g/mol. The van der Waals surface area contributed by atoms with E-state index in [0.29, 0.717) is 0 Å². The molecule has 1 aromatic carbocycles. The molecular formula is C13H14BrNO. The zero-order valence-electron chi connectivity index (χ0n) is 9.51. The summed E-state index contributed by atoms with van der Waals surface area (Å²) in [4.78, 5) is 0. The van der Waals surface area contributed by atoms with E-state index in [1.165, 1.54) is 0 Å². The molecule has 1 saturated carbocycles. The van der Waals surface area contributed by atoms with Crippen molar-refractivity contribution in [2.75, 3.05) is 7.11 Å². The fraction of sp³-hybridized carbons (Fsp3) is 0.462. The molecule has 0 saturated heterocycles. The Labute approximate surface area is 104 Å². The number of nitriles is 1. The highest BCUT2D eigenvalue weighted by atomic mass is 79.9. The van der Waals surface area contributed by atoms with E-state index in [2.05, 4.69) is 22.0 Å². The normalized spacial score (nSPS) is 17.4. The van der Waals surface area contributed by atoms with Crippen LogP contribution < -0.4 is 4.74 Å². The predicted molar refractivity (Wildman–Crippen MR) is 66.6 cm³/mol. The minimum Gasteiger partial charge on any atom is -0.497 e. The number of hydrogen-bond donors (Lipinski definition) is 0. The Balaban J connectivity index is 2.55. The van der Waals surface area contributed by atoms with E-state index in [9.17, 15) is 5.26 Å².